The Morgan fingerprint density at radius 3 is 2.71 bits per heavy atom. The van der Waals surface area contributed by atoms with Crippen molar-refractivity contribution in [3.05, 3.63) is 45.8 Å². The van der Waals surface area contributed by atoms with Crippen LogP contribution in [0.2, 0.25) is 0 Å². The summed E-state index contributed by atoms with van der Waals surface area (Å²) in [6.45, 7) is 7.19. The molecule has 0 saturated carbocycles. The molecule has 1 heterocycles. The normalized spacial score (nSPS) is 12.4. The smallest absolute Gasteiger partial charge is 0.196 e. The average molecular weight is 290 g/mol. The standard InChI is InChI=1S/C16H18O5/c1-8(2)5-10(17)15-13(20-4)7-12(19)14-11(18)6-9(3)21-16(14)15/h6-7,10,17,19H,1,5H2,2-4H3/t10-/m0/s1. The number of ether oxygens (including phenoxy) is 1. The van der Waals surface area contributed by atoms with Crippen LogP contribution in [-0.4, -0.2) is 17.3 Å². The Bertz CT molecular complexity index is 757. The van der Waals surface area contributed by atoms with Crippen molar-refractivity contribution in [2.45, 2.75) is 26.4 Å². The first-order valence-corrected chi connectivity index (χ1v) is 6.52. The van der Waals surface area contributed by atoms with Gasteiger partial charge in [-0.3, -0.25) is 4.79 Å². The second kappa shape index (κ2) is 5.61. The zero-order chi connectivity index (χ0) is 15.7. The molecular formula is C16H18O5. The highest BCUT2D eigenvalue weighted by molar-refractivity contribution is 5.88. The summed E-state index contributed by atoms with van der Waals surface area (Å²) in [4.78, 5) is 12.1. The van der Waals surface area contributed by atoms with E-state index < -0.39 is 6.10 Å². The molecule has 0 bridgehead atoms. The number of aliphatic hydroxyl groups is 1. The van der Waals surface area contributed by atoms with Gasteiger partial charge in [0.15, 0.2) is 11.0 Å². The molecule has 0 radical (unpaired) electrons. The molecule has 0 unspecified atom stereocenters. The first kappa shape index (κ1) is 15.1. The summed E-state index contributed by atoms with van der Waals surface area (Å²) in [5.41, 5.74) is 0.901. The highest BCUT2D eigenvalue weighted by Gasteiger charge is 2.23. The number of benzene rings is 1. The largest absolute Gasteiger partial charge is 0.507 e. The summed E-state index contributed by atoms with van der Waals surface area (Å²) >= 11 is 0. The van der Waals surface area contributed by atoms with Crippen molar-refractivity contribution in [1.29, 1.82) is 0 Å². The van der Waals surface area contributed by atoms with Crippen molar-refractivity contribution in [3.63, 3.8) is 0 Å². The third kappa shape index (κ3) is 2.78. The molecule has 0 amide bonds. The number of hydrogen-bond acceptors (Lipinski definition) is 5. The van der Waals surface area contributed by atoms with Crippen LogP contribution in [0.15, 0.2) is 33.5 Å². The molecule has 2 N–H and O–H groups in total. The van der Waals surface area contributed by atoms with Gasteiger partial charge in [-0.15, -0.1) is 6.58 Å². The van der Waals surface area contributed by atoms with Crippen LogP contribution < -0.4 is 10.2 Å². The summed E-state index contributed by atoms with van der Waals surface area (Å²) in [7, 11) is 1.42. The Balaban J connectivity index is 2.86. The molecule has 5 heteroatoms. The molecule has 21 heavy (non-hydrogen) atoms. The third-order valence-corrected chi connectivity index (χ3v) is 3.20. The maximum atomic E-state index is 12.1. The lowest BCUT2D eigenvalue weighted by atomic mass is 9.99. The molecule has 112 valence electrons. The molecule has 2 aromatic rings. The molecule has 5 nitrogen and oxygen atoms in total. The highest BCUT2D eigenvalue weighted by Crippen LogP contribution is 2.39. The van der Waals surface area contributed by atoms with Crippen LogP contribution in [0, 0.1) is 6.92 Å². The predicted octanol–water partition coefficient (Wildman–Crippen LogP) is 2.82. The topological polar surface area (TPSA) is 79.9 Å². The molecule has 0 saturated heterocycles. The molecule has 1 aromatic heterocycles. The summed E-state index contributed by atoms with van der Waals surface area (Å²) in [5, 5.41) is 20.4. The lowest BCUT2D eigenvalue weighted by molar-refractivity contribution is 0.174. The highest BCUT2D eigenvalue weighted by atomic mass is 16.5. The lowest BCUT2D eigenvalue weighted by Crippen LogP contribution is -2.07. The van der Waals surface area contributed by atoms with Crippen LogP contribution in [-0.2, 0) is 0 Å². The van der Waals surface area contributed by atoms with E-state index in [9.17, 15) is 15.0 Å². The number of phenolic OH excluding ortho intramolecular Hbond substituents is 1. The number of aryl methyl sites for hydroxylation is 1. The molecular weight excluding hydrogens is 272 g/mol. The third-order valence-electron chi connectivity index (χ3n) is 3.20. The van der Waals surface area contributed by atoms with Gasteiger partial charge in [-0.25, -0.2) is 0 Å². The number of fused-ring (bicyclic) bond motifs is 1. The summed E-state index contributed by atoms with van der Waals surface area (Å²) in [6.07, 6.45) is -0.640. The number of hydrogen-bond donors (Lipinski definition) is 2. The molecule has 2 rings (SSSR count). The molecule has 0 spiro atoms. The van der Waals surface area contributed by atoms with E-state index in [2.05, 4.69) is 6.58 Å². The van der Waals surface area contributed by atoms with Crippen LogP contribution in [0.1, 0.15) is 30.8 Å². The predicted molar refractivity (Wildman–Crippen MR) is 79.8 cm³/mol. The minimum absolute atomic E-state index is 0.0390. The van der Waals surface area contributed by atoms with Gasteiger partial charge in [0.25, 0.3) is 0 Å². The maximum absolute atomic E-state index is 12.1. The van der Waals surface area contributed by atoms with Crippen molar-refractivity contribution >= 4 is 11.0 Å². The monoisotopic (exact) mass is 290 g/mol. The van der Waals surface area contributed by atoms with Gasteiger partial charge in [0, 0.05) is 12.1 Å². The summed E-state index contributed by atoms with van der Waals surface area (Å²) in [6, 6.07) is 2.61. The van der Waals surface area contributed by atoms with Crippen molar-refractivity contribution in [2.75, 3.05) is 7.11 Å². The molecule has 0 aliphatic heterocycles. The minimum atomic E-state index is -0.939. The lowest BCUT2D eigenvalue weighted by Gasteiger charge is -2.17. The molecule has 0 aliphatic rings. The van der Waals surface area contributed by atoms with Gasteiger partial charge >= 0.3 is 0 Å². The number of phenols is 1. The first-order valence-electron chi connectivity index (χ1n) is 6.52. The Hall–Kier alpha value is -2.27. The van der Waals surface area contributed by atoms with E-state index in [0.29, 0.717) is 17.7 Å². The molecule has 1 atom stereocenters. The van der Waals surface area contributed by atoms with Crippen molar-refractivity contribution in [2.24, 2.45) is 0 Å². The Morgan fingerprint density at radius 1 is 1.48 bits per heavy atom. The van der Waals surface area contributed by atoms with E-state index in [4.69, 9.17) is 9.15 Å². The minimum Gasteiger partial charge on any atom is -0.507 e. The van der Waals surface area contributed by atoms with Crippen molar-refractivity contribution in [3.8, 4) is 11.5 Å². The molecule has 0 fully saturated rings. The van der Waals surface area contributed by atoms with Crippen LogP contribution in [0.5, 0.6) is 11.5 Å². The van der Waals surface area contributed by atoms with E-state index in [1.165, 1.54) is 19.2 Å². The number of aromatic hydroxyl groups is 1. The first-order chi connectivity index (χ1) is 9.85. The van der Waals surface area contributed by atoms with E-state index in [1.807, 2.05) is 0 Å². The second-order valence-corrected chi connectivity index (χ2v) is 5.11. The molecule has 0 aliphatic carbocycles. The summed E-state index contributed by atoms with van der Waals surface area (Å²) in [5.74, 6) is 0.424. The Labute approximate surface area is 122 Å². The number of methoxy groups -OCH3 is 1. The summed E-state index contributed by atoms with van der Waals surface area (Å²) < 4.78 is 10.8. The van der Waals surface area contributed by atoms with E-state index in [-0.39, 0.29) is 27.9 Å². The Morgan fingerprint density at radius 2 is 2.14 bits per heavy atom. The second-order valence-electron chi connectivity index (χ2n) is 5.11. The van der Waals surface area contributed by atoms with Crippen LogP contribution in [0.3, 0.4) is 0 Å². The van der Waals surface area contributed by atoms with Crippen LogP contribution in [0.25, 0.3) is 11.0 Å². The fraction of sp³-hybridized carbons (Fsp3) is 0.312. The van der Waals surface area contributed by atoms with Gasteiger partial charge in [0.1, 0.15) is 22.6 Å². The zero-order valence-corrected chi connectivity index (χ0v) is 12.3. The van der Waals surface area contributed by atoms with Gasteiger partial charge in [0.05, 0.1) is 18.8 Å². The van der Waals surface area contributed by atoms with Gasteiger partial charge in [-0.2, -0.15) is 0 Å². The maximum Gasteiger partial charge on any atom is 0.196 e. The van der Waals surface area contributed by atoms with E-state index in [1.54, 1.807) is 13.8 Å². The van der Waals surface area contributed by atoms with Crippen LogP contribution in [0.4, 0.5) is 0 Å². The van der Waals surface area contributed by atoms with Gasteiger partial charge in [0.2, 0.25) is 0 Å². The van der Waals surface area contributed by atoms with Gasteiger partial charge < -0.3 is 19.4 Å². The number of aliphatic hydroxyl groups excluding tert-OH is 1. The van der Waals surface area contributed by atoms with Gasteiger partial charge in [-0.1, -0.05) is 5.57 Å². The average Bonchev–Trinajstić information content (AvgIpc) is 2.35. The van der Waals surface area contributed by atoms with Crippen LogP contribution >= 0.6 is 0 Å². The fourth-order valence-electron chi connectivity index (χ4n) is 2.34. The van der Waals surface area contributed by atoms with E-state index >= 15 is 0 Å². The zero-order valence-electron chi connectivity index (χ0n) is 12.3. The number of rotatable bonds is 4. The fourth-order valence-corrected chi connectivity index (χ4v) is 2.34. The van der Waals surface area contributed by atoms with Crippen molar-refractivity contribution in [1.82, 2.24) is 0 Å². The SMILES string of the molecule is C=C(C)C[C@H](O)c1c(OC)cc(O)c2c(=O)cc(C)oc12. The van der Waals surface area contributed by atoms with Gasteiger partial charge in [-0.05, 0) is 20.3 Å². The Kier molecular flexibility index (Phi) is 4.04. The quantitative estimate of drug-likeness (QED) is 0.846. The van der Waals surface area contributed by atoms with E-state index in [0.717, 1.165) is 5.57 Å². The van der Waals surface area contributed by atoms with Crippen molar-refractivity contribution < 1.29 is 19.4 Å². The molecule has 1 aromatic carbocycles.